The van der Waals surface area contributed by atoms with E-state index in [4.69, 9.17) is 14.3 Å². The number of hydrogen-bond donors (Lipinski definition) is 3. The average molecular weight is 683 g/mol. The second-order valence-corrected chi connectivity index (χ2v) is 16.0. The van der Waals surface area contributed by atoms with E-state index in [-0.39, 0.29) is 24.0 Å². The fourth-order valence-corrected chi connectivity index (χ4v) is 8.35. The maximum absolute atomic E-state index is 13.2. The smallest absolute Gasteiger partial charge is 0.323 e. The molecule has 1 amide bonds. The predicted octanol–water partition coefficient (Wildman–Crippen LogP) is 7.00. The van der Waals surface area contributed by atoms with Gasteiger partial charge in [-0.25, -0.2) is 10.3 Å². The maximum Gasteiger partial charge on any atom is 0.323 e. The van der Waals surface area contributed by atoms with Gasteiger partial charge in [0.1, 0.15) is 12.1 Å². The van der Waals surface area contributed by atoms with Gasteiger partial charge in [-0.15, -0.1) is 0 Å². The fraction of sp³-hybridized carbons (Fsp3) is 0.800. The van der Waals surface area contributed by atoms with Gasteiger partial charge in [0.05, 0.1) is 6.61 Å². The lowest BCUT2D eigenvalue weighted by molar-refractivity contribution is -0.163. The van der Waals surface area contributed by atoms with E-state index >= 15 is 0 Å². The van der Waals surface area contributed by atoms with Crippen LogP contribution in [0.4, 0.5) is 5.69 Å². The Hall–Kier alpha value is -2.20. The monoisotopic (exact) mass is 683 g/mol. The number of hydrogen-bond acceptors (Lipinski definition) is 8. The molecule has 5 rings (SSSR count). The van der Waals surface area contributed by atoms with Crippen molar-refractivity contribution in [1.82, 2.24) is 16.1 Å². The molecule has 3 saturated carbocycles. The molecule has 276 valence electrons. The molecule has 1 saturated heterocycles. The molecule has 4 aliphatic rings. The van der Waals surface area contributed by atoms with Gasteiger partial charge in [0.15, 0.2) is 6.29 Å². The molecule has 1 heterocycles. The van der Waals surface area contributed by atoms with E-state index in [0.717, 1.165) is 64.3 Å². The van der Waals surface area contributed by atoms with Crippen molar-refractivity contribution >= 4 is 17.6 Å². The predicted molar refractivity (Wildman–Crippen MR) is 195 cm³/mol. The number of hydroxylamine groups is 1. The van der Waals surface area contributed by atoms with Crippen LogP contribution in [-0.2, 0) is 19.1 Å². The third-order valence-corrected chi connectivity index (χ3v) is 11.5. The molecule has 49 heavy (non-hydrogen) atoms. The highest BCUT2D eigenvalue weighted by molar-refractivity contribution is 5.93. The fourth-order valence-electron chi connectivity index (χ4n) is 8.35. The van der Waals surface area contributed by atoms with Crippen LogP contribution in [0.3, 0.4) is 0 Å². The first-order chi connectivity index (χ1) is 23.8. The first-order valence-corrected chi connectivity index (χ1v) is 19.9. The first-order valence-electron chi connectivity index (χ1n) is 19.9. The molecule has 1 unspecified atom stereocenters. The second-order valence-electron chi connectivity index (χ2n) is 16.0. The Morgan fingerprint density at radius 2 is 1.35 bits per heavy atom. The van der Waals surface area contributed by atoms with Crippen LogP contribution in [-0.4, -0.2) is 69.6 Å². The van der Waals surface area contributed by atoms with Gasteiger partial charge in [-0.05, 0) is 157 Å². The molecule has 3 aliphatic carbocycles. The van der Waals surface area contributed by atoms with E-state index in [9.17, 15) is 9.59 Å². The van der Waals surface area contributed by atoms with Crippen molar-refractivity contribution in [2.24, 2.45) is 29.6 Å². The minimum atomic E-state index is -0.492. The zero-order valence-corrected chi connectivity index (χ0v) is 30.8. The number of ether oxygens (including phenoxy) is 2. The maximum atomic E-state index is 13.2. The van der Waals surface area contributed by atoms with E-state index in [1.54, 1.807) is 6.92 Å². The van der Waals surface area contributed by atoms with Crippen molar-refractivity contribution < 1.29 is 23.9 Å². The van der Waals surface area contributed by atoms with Crippen molar-refractivity contribution in [3.8, 4) is 0 Å². The first kappa shape index (κ1) is 38.0. The Morgan fingerprint density at radius 3 is 1.98 bits per heavy atom. The third kappa shape index (κ3) is 12.5. The molecule has 9 nitrogen and oxygen atoms in total. The lowest BCUT2D eigenvalue weighted by Gasteiger charge is -2.35. The minimum Gasteiger partial charge on any atom is -0.461 e. The van der Waals surface area contributed by atoms with E-state index in [1.807, 2.05) is 24.3 Å². The Balaban J connectivity index is 0.940. The summed E-state index contributed by atoms with van der Waals surface area (Å²) in [6.45, 7) is 11.8. The van der Waals surface area contributed by atoms with Crippen LogP contribution < -0.4 is 21.0 Å². The van der Waals surface area contributed by atoms with Crippen LogP contribution in [0.2, 0.25) is 0 Å². The molecular weight excluding hydrogens is 616 g/mol. The van der Waals surface area contributed by atoms with Crippen molar-refractivity contribution in [3.05, 3.63) is 29.8 Å². The van der Waals surface area contributed by atoms with Gasteiger partial charge in [0, 0.05) is 24.3 Å². The summed E-state index contributed by atoms with van der Waals surface area (Å²) in [5.74, 6) is 2.75. The van der Waals surface area contributed by atoms with Crippen molar-refractivity contribution in [2.45, 2.75) is 136 Å². The van der Waals surface area contributed by atoms with Gasteiger partial charge in [0.25, 0.3) is 5.91 Å². The molecule has 2 atom stereocenters. The van der Waals surface area contributed by atoms with Gasteiger partial charge in [-0.1, -0.05) is 33.1 Å². The van der Waals surface area contributed by atoms with Gasteiger partial charge >= 0.3 is 5.97 Å². The van der Waals surface area contributed by atoms with Crippen LogP contribution in [0.1, 0.15) is 127 Å². The quantitative estimate of drug-likeness (QED) is 0.0918. The van der Waals surface area contributed by atoms with Gasteiger partial charge in [-0.2, -0.15) is 0 Å². The number of anilines is 1. The molecule has 1 aliphatic heterocycles. The summed E-state index contributed by atoms with van der Waals surface area (Å²) >= 11 is 0. The highest BCUT2D eigenvalue weighted by atomic mass is 16.8. The van der Waals surface area contributed by atoms with Crippen molar-refractivity contribution in [1.29, 1.82) is 0 Å². The van der Waals surface area contributed by atoms with E-state index in [2.05, 4.69) is 34.9 Å². The number of rotatable bonds is 17. The van der Waals surface area contributed by atoms with Gasteiger partial charge in [-0.3, -0.25) is 9.59 Å². The van der Waals surface area contributed by atoms with Crippen molar-refractivity contribution in [3.63, 3.8) is 0 Å². The number of carbonyl (C=O) groups excluding carboxylic acids is 2. The molecule has 0 spiro atoms. The van der Waals surface area contributed by atoms with Gasteiger partial charge < -0.3 is 25.0 Å². The van der Waals surface area contributed by atoms with E-state index in [0.29, 0.717) is 35.8 Å². The molecule has 9 heteroatoms. The molecule has 0 radical (unpaired) electrons. The Labute approximate surface area is 296 Å². The van der Waals surface area contributed by atoms with Gasteiger partial charge in [0.2, 0.25) is 0 Å². The summed E-state index contributed by atoms with van der Waals surface area (Å²) in [5, 5.41) is 7.58. The molecule has 0 aromatic heterocycles. The summed E-state index contributed by atoms with van der Waals surface area (Å²) < 4.78 is 11.6. The summed E-state index contributed by atoms with van der Waals surface area (Å²) in [7, 11) is 0. The standard InChI is InChI=1S/C40H66N4O5/c1-29(2)28-47-30(3)49-43-39(45)35-17-19-36(20-18-35)44-23-21-33(22-24-44)26-41-25-31-13-15-32(16-14-31)27-42-38(34-9-5-4-6-10-34)40(46)48-37-11-7-8-12-37/h17-20,29-34,37-38,41-42H,4-16,21-28H2,1-3H3,(H,43,45)/t30?,31?,32?,38-/m0/s1. The number of amides is 1. The topological polar surface area (TPSA) is 101 Å². The number of carbonyl (C=O) groups is 2. The Bertz CT molecular complexity index is 1100. The summed E-state index contributed by atoms with van der Waals surface area (Å²) in [5.41, 5.74) is 4.25. The van der Waals surface area contributed by atoms with Crippen LogP contribution in [0, 0.1) is 29.6 Å². The molecule has 0 bridgehead atoms. The molecule has 1 aromatic carbocycles. The van der Waals surface area contributed by atoms with Crippen LogP contribution in [0.25, 0.3) is 0 Å². The zero-order valence-electron chi connectivity index (χ0n) is 30.8. The van der Waals surface area contributed by atoms with E-state index < -0.39 is 6.29 Å². The second kappa shape index (κ2) is 20.0. The van der Waals surface area contributed by atoms with E-state index in [1.165, 1.54) is 76.3 Å². The number of nitrogens with one attached hydrogen (secondary N) is 3. The summed E-state index contributed by atoms with van der Waals surface area (Å²) in [4.78, 5) is 33.5. The molecule has 4 fully saturated rings. The average Bonchev–Trinajstić information content (AvgIpc) is 3.64. The number of esters is 1. The normalized spacial score (nSPS) is 24.2. The Morgan fingerprint density at radius 1 is 0.755 bits per heavy atom. The zero-order chi connectivity index (χ0) is 34.4. The molecular formula is C40H66N4O5. The third-order valence-electron chi connectivity index (χ3n) is 11.5. The molecule has 3 N–H and O–H groups in total. The number of piperidine rings is 1. The minimum absolute atomic E-state index is 0.0320. The largest absolute Gasteiger partial charge is 0.461 e. The summed E-state index contributed by atoms with van der Waals surface area (Å²) in [6, 6.07) is 7.70. The lowest BCUT2D eigenvalue weighted by atomic mass is 9.80. The number of nitrogens with zero attached hydrogens (tertiary/aromatic N) is 1. The highest BCUT2D eigenvalue weighted by Crippen LogP contribution is 2.31. The van der Waals surface area contributed by atoms with Crippen LogP contribution in [0.5, 0.6) is 0 Å². The SMILES string of the molecule is CC(C)COC(C)ONC(=O)c1ccc(N2CCC(CNCC3CCC(CN[C@H](C(=O)OC4CCCC4)C4CCCCC4)CC3)CC2)cc1. The highest BCUT2D eigenvalue weighted by Gasteiger charge is 2.33. The summed E-state index contributed by atoms with van der Waals surface area (Å²) in [6.07, 6.45) is 17.7. The molecule has 1 aromatic rings. The lowest BCUT2D eigenvalue weighted by Crippen LogP contribution is -2.47. The number of benzene rings is 1. The van der Waals surface area contributed by atoms with Crippen molar-refractivity contribution in [2.75, 3.05) is 44.2 Å². The van der Waals surface area contributed by atoms with Crippen LogP contribution in [0.15, 0.2) is 24.3 Å². The Kier molecular flexibility index (Phi) is 15.5. The van der Waals surface area contributed by atoms with Crippen LogP contribution >= 0.6 is 0 Å².